The van der Waals surface area contributed by atoms with Crippen molar-refractivity contribution in [3.05, 3.63) is 29.8 Å². The molecule has 1 aromatic rings. The summed E-state index contributed by atoms with van der Waals surface area (Å²) in [6.07, 6.45) is -0.169. The maximum atomic E-state index is 12.1. The van der Waals surface area contributed by atoms with E-state index in [1.54, 1.807) is 17.0 Å². The minimum absolute atomic E-state index is 0.0629. The zero-order chi connectivity index (χ0) is 15.2. The number of hydrogen-bond donors (Lipinski definition) is 1. The van der Waals surface area contributed by atoms with Gasteiger partial charge in [-0.05, 0) is 17.7 Å². The quantitative estimate of drug-likeness (QED) is 0.883. The predicted molar refractivity (Wildman–Crippen MR) is 70.2 cm³/mol. The largest absolute Gasteiger partial charge is 0.435 e. The van der Waals surface area contributed by atoms with Crippen molar-refractivity contribution in [2.45, 2.75) is 19.1 Å². The van der Waals surface area contributed by atoms with Crippen LogP contribution in [-0.4, -0.2) is 54.9 Å². The van der Waals surface area contributed by atoms with Gasteiger partial charge in [-0.1, -0.05) is 12.1 Å². The number of benzene rings is 1. The molecule has 1 N–H and O–H groups in total. The van der Waals surface area contributed by atoms with Crippen LogP contribution in [0.5, 0.6) is 5.75 Å². The molecule has 2 rings (SSSR count). The van der Waals surface area contributed by atoms with Gasteiger partial charge >= 0.3 is 6.61 Å². The number of carbonyl (C=O) groups is 1. The number of aliphatic hydroxyl groups excluding tert-OH is 1. The van der Waals surface area contributed by atoms with E-state index in [9.17, 15) is 13.6 Å². The van der Waals surface area contributed by atoms with Gasteiger partial charge in [-0.3, -0.25) is 4.79 Å². The van der Waals surface area contributed by atoms with Crippen molar-refractivity contribution < 1.29 is 28.2 Å². The molecule has 0 aliphatic carbocycles. The van der Waals surface area contributed by atoms with Crippen LogP contribution in [0.2, 0.25) is 0 Å². The third-order valence-electron chi connectivity index (χ3n) is 3.20. The lowest BCUT2D eigenvalue weighted by atomic mass is 10.1. The molecule has 0 aromatic heterocycles. The molecule has 0 bridgehead atoms. The fourth-order valence-corrected chi connectivity index (χ4v) is 2.13. The fourth-order valence-electron chi connectivity index (χ4n) is 2.13. The first-order chi connectivity index (χ1) is 10.1. The number of alkyl halides is 2. The highest BCUT2D eigenvalue weighted by Gasteiger charge is 2.23. The lowest BCUT2D eigenvalue weighted by Crippen LogP contribution is -2.47. The fraction of sp³-hybridized carbons (Fsp3) is 0.500. The molecule has 1 fully saturated rings. The highest BCUT2D eigenvalue weighted by atomic mass is 19.3. The van der Waals surface area contributed by atoms with Crippen molar-refractivity contribution in [3.8, 4) is 5.75 Å². The number of carbonyl (C=O) groups excluding carboxylic acids is 1. The van der Waals surface area contributed by atoms with E-state index in [0.29, 0.717) is 25.3 Å². The van der Waals surface area contributed by atoms with Gasteiger partial charge in [-0.25, -0.2) is 0 Å². The minimum Gasteiger partial charge on any atom is -0.435 e. The van der Waals surface area contributed by atoms with Gasteiger partial charge in [0.15, 0.2) is 0 Å². The van der Waals surface area contributed by atoms with Gasteiger partial charge in [-0.15, -0.1) is 0 Å². The van der Waals surface area contributed by atoms with Crippen molar-refractivity contribution in [2.24, 2.45) is 0 Å². The number of nitrogens with zero attached hydrogens (tertiary/aromatic N) is 1. The predicted octanol–water partition coefficient (Wildman–Crippen LogP) is 1.05. The van der Waals surface area contributed by atoms with E-state index in [4.69, 9.17) is 9.84 Å². The van der Waals surface area contributed by atoms with E-state index < -0.39 is 6.61 Å². The first-order valence-electron chi connectivity index (χ1n) is 6.62. The summed E-state index contributed by atoms with van der Waals surface area (Å²) in [7, 11) is 0. The average molecular weight is 301 g/mol. The molecule has 1 aliphatic rings. The van der Waals surface area contributed by atoms with Crippen LogP contribution >= 0.6 is 0 Å². The number of amides is 1. The van der Waals surface area contributed by atoms with E-state index in [1.807, 2.05) is 0 Å². The Kier molecular flexibility index (Phi) is 5.46. The van der Waals surface area contributed by atoms with Gasteiger partial charge in [0, 0.05) is 13.1 Å². The summed E-state index contributed by atoms with van der Waals surface area (Å²) in [6.45, 7) is -1.73. The second kappa shape index (κ2) is 7.33. The average Bonchev–Trinajstić information content (AvgIpc) is 2.49. The lowest BCUT2D eigenvalue weighted by molar-refractivity contribution is -0.139. The molecular weight excluding hydrogens is 284 g/mol. The molecule has 1 saturated heterocycles. The standard InChI is InChI=1S/C14H17F2NO4/c15-14(16)21-11-3-1-10(2-4-11)7-13(19)17-5-6-20-12(8-17)9-18/h1-4,12,14,18H,5-9H2. The van der Waals surface area contributed by atoms with Gasteiger partial charge in [-0.2, -0.15) is 8.78 Å². The summed E-state index contributed by atoms with van der Waals surface area (Å²) in [5.41, 5.74) is 0.716. The molecule has 0 spiro atoms. The van der Waals surface area contributed by atoms with Crippen LogP contribution in [0.1, 0.15) is 5.56 Å². The molecule has 1 aromatic carbocycles. The van der Waals surface area contributed by atoms with Crippen LogP contribution < -0.4 is 4.74 Å². The first-order valence-corrected chi connectivity index (χ1v) is 6.62. The van der Waals surface area contributed by atoms with Gasteiger partial charge in [0.05, 0.1) is 25.7 Å². The summed E-state index contributed by atoms with van der Waals surface area (Å²) in [5.74, 6) is -0.0211. The van der Waals surface area contributed by atoms with Crippen LogP contribution in [0, 0.1) is 0 Å². The molecule has 0 radical (unpaired) electrons. The molecule has 7 heteroatoms. The second-order valence-electron chi connectivity index (χ2n) is 4.71. The van der Waals surface area contributed by atoms with Crippen LogP contribution in [0.15, 0.2) is 24.3 Å². The first kappa shape index (κ1) is 15.7. The van der Waals surface area contributed by atoms with Crippen LogP contribution in [0.4, 0.5) is 8.78 Å². The summed E-state index contributed by atoms with van der Waals surface area (Å²) < 4.78 is 33.6. The molecule has 5 nitrogen and oxygen atoms in total. The van der Waals surface area contributed by atoms with Crippen molar-refractivity contribution in [3.63, 3.8) is 0 Å². The normalized spacial score (nSPS) is 18.9. The van der Waals surface area contributed by atoms with Crippen molar-refractivity contribution in [1.29, 1.82) is 0 Å². The monoisotopic (exact) mass is 301 g/mol. The number of halogens is 2. The van der Waals surface area contributed by atoms with Crippen molar-refractivity contribution >= 4 is 5.91 Å². The number of hydrogen-bond acceptors (Lipinski definition) is 4. The third kappa shape index (κ3) is 4.64. The van der Waals surface area contributed by atoms with Gasteiger partial charge in [0.2, 0.25) is 5.91 Å². The number of aliphatic hydroxyl groups is 1. The van der Waals surface area contributed by atoms with Crippen LogP contribution in [-0.2, 0) is 16.0 Å². The zero-order valence-corrected chi connectivity index (χ0v) is 11.4. The van der Waals surface area contributed by atoms with Crippen LogP contribution in [0.3, 0.4) is 0 Å². The minimum atomic E-state index is -2.86. The Morgan fingerprint density at radius 1 is 1.43 bits per heavy atom. The Hall–Kier alpha value is -1.73. The molecule has 1 amide bonds. The molecule has 0 saturated carbocycles. The Balaban J connectivity index is 1.90. The van der Waals surface area contributed by atoms with Crippen molar-refractivity contribution in [2.75, 3.05) is 26.3 Å². The lowest BCUT2D eigenvalue weighted by Gasteiger charge is -2.32. The molecule has 116 valence electrons. The topological polar surface area (TPSA) is 59.0 Å². The Labute approximate surface area is 121 Å². The van der Waals surface area contributed by atoms with Crippen LogP contribution in [0.25, 0.3) is 0 Å². The number of ether oxygens (including phenoxy) is 2. The summed E-state index contributed by atoms with van der Waals surface area (Å²) in [5, 5.41) is 9.04. The summed E-state index contributed by atoms with van der Waals surface area (Å²) >= 11 is 0. The molecule has 21 heavy (non-hydrogen) atoms. The molecule has 1 atom stereocenters. The Bertz CT molecular complexity index is 467. The molecule has 1 heterocycles. The second-order valence-corrected chi connectivity index (χ2v) is 4.71. The molecular formula is C14H17F2NO4. The third-order valence-corrected chi connectivity index (χ3v) is 3.20. The smallest absolute Gasteiger partial charge is 0.387 e. The summed E-state index contributed by atoms with van der Waals surface area (Å²) in [4.78, 5) is 13.8. The SMILES string of the molecule is O=C(Cc1ccc(OC(F)F)cc1)N1CCOC(CO)C1. The van der Waals surface area contributed by atoms with Gasteiger partial charge in [0.1, 0.15) is 5.75 Å². The van der Waals surface area contributed by atoms with Crippen molar-refractivity contribution in [1.82, 2.24) is 4.90 Å². The summed E-state index contributed by atoms with van der Waals surface area (Å²) in [6, 6.07) is 5.98. The Morgan fingerprint density at radius 3 is 2.76 bits per heavy atom. The zero-order valence-electron chi connectivity index (χ0n) is 11.4. The van der Waals surface area contributed by atoms with E-state index in [0.717, 1.165) is 0 Å². The van der Waals surface area contributed by atoms with Gasteiger partial charge in [0.25, 0.3) is 0 Å². The molecule has 1 unspecified atom stereocenters. The highest BCUT2D eigenvalue weighted by Crippen LogP contribution is 2.16. The van der Waals surface area contributed by atoms with E-state index in [-0.39, 0.29) is 30.8 Å². The van der Waals surface area contributed by atoms with E-state index in [2.05, 4.69) is 4.74 Å². The Morgan fingerprint density at radius 2 is 2.14 bits per heavy atom. The number of morpholine rings is 1. The highest BCUT2D eigenvalue weighted by molar-refractivity contribution is 5.79. The van der Waals surface area contributed by atoms with E-state index >= 15 is 0 Å². The maximum absolute atomic E-state index is 12.1. The van der Waals surface area contributed by atoms with Gasteiger partial charge < -0.3 is 19.5 Å². The molecule has 1 aliphatic heterocycles. The maximum Gasteiger partial charge on any atom is 0.387 e. The van der Waals surface area contributed by atoms with E-state index in [1.165, 1.54) is 12.1 Å². The number of rotatable bonds is 5.